The predicted octanol–water partition coefficient (Wildman–Crippen LogP) is 3.10. The lowest BCUT2D eigenvalue weighted by atomic mass is 10.1. The first-order chi connectivity index (χ1) is 14.5. The van der Waals surface area contributed by atoms with Crippen LogP contribution >= 0.6 is 0 Å². The topological polar surface area (TPSA) is 71.6 Å². The molecule has 1 aromatic carbocycles. The number of amides is 3. The fraction of sp³-hybridized carbons (Fsp3) is 0.636. The highest BCUT2D eigenvalue weighted by Gasteiger charge is 2.28. The quantitative estimate of drug-likeness (QED) is 0.613. The van der Waals surface area contributed by atoms with Gasteiger partial charge in [0.25, 0.3) is 5.91 Å². The van der Waals surface area contributed by atoms with Crippen LogP contribution in [0.15, 0.2) is 12.1 Å². The van der Waals surface area contributed by atoms with Crippen LogP contribution in [-0.4, -0.2) is 85.7 Å². The molecule has 0 aromatic heterocycles. The summed E-state index contributed by atoms with van der Waals surface area (Å²) in [6, 6.07) is 3.46. The van der Waals surface area contributed by atoms with Crippen LogP contribution in [0.3, 0.4) is 0 Å². The summed E-state index contributed by atoms with van der Waals surface area (Å²) in [6.07, 6.45) is 0. The first-order valence-corrected chi connectivity index (χ1v) is 10.9. The maximum atomic E-state index is 13.2. The Balaban J connectivity index is 2.17. The molecule has 2 rings (SSSR count). The lowest BCUT2D eigenvalue weighted by Gasteiger charge is -2.37. The number of hydrogen-bond donors (Lipinski definition) is 0. The molecule has 0 radical (unpaired) electrons. The van der Waals surface area contributed by atoms with Crippen molar-refractivity contribution in [2.45, 2.75) is 34.6 Å². The number of benzene rings is 1. The summed E-state index contributed by atoms with van der Waals surface area (Å²) in [6.45, 7) is 14.4. The summed E-state index contributed by atoms with van der Waals surface area (Å²) in [4.78, 5) is 31.1. The molecule has 1 saturated heterocycles. The van der Waals surface area contributed by atoms with Crippen LogP contribution in [0.25, 0.3) is 0 Å². The standard InChI is InChI=1S/C22H35N3O5/c1-6-23(7-2)22(27)25-13-11-24(12-14-25)21(26)17-15-18(28-8-3)20(30-10-5)19(16-17)29-9-4/h15-16H,6-14H2,1-5H3. The number of hydrogen-bond acceptors (Lipinski definition) is 5. The van der Waals surface area contributed by atoms with Crippen molar-refractivity contribution in [3.63, 3.8) is 0 Å². The maximum Gasteiger partial charge on any atom is 0.320 e. The molecule has 0 spiro atoms. The number of ether oxygens (including phenoxy) is 3. The van der Waals surface area contributed by atoms with Gasteiger partial charge in [-0.05, 0) is 46.8 Å². The van der Waals surface area contributed by atoms with Gasteiger partial charge in [-0.1, -0.05) is 0 Å². The van der Waals surface area contributed by atoms with Crippen LogP contribution in [0.5, 0.6) is 17.2 Å². The van der Waals surface area contributed by atoms with Gasteiger partial charge in [0.1, 0.15) is 0 Å². The van der Waals surface area contributed by atoms with E-state index in [1.807, 2.05) is 39.5 Å². The van der Waals surface area contributed by atoms with E-state index in [9.17, 15) is 9.59 Å². The van der Waals surface area contributed by atoms with Crippen LogP contribution in [0.2, 0.25) is 0 Å². The Hall–Kier alpha value is -2.64. The van der Waals surface area contributed by atoms with Gasteiger partial charge >= 0.3 is 6.03 Å². The van der Waals surface area contributed by atoms with Crippen LogP contribution in [0.4, 0.5) is 4.79 Å². The first kappa shape index (κ1) is 23.6. The van der Waals surface area contributed by atoms with E-state index in [-0.39, 0.29) is 11.9 Å². The molecule has 1 heterocycles. The Morgan fingerprint density at radius 3 is 1.70 bits per heavy atom. The zero-order valence-corrected chi connectivity index (χ0v) is 18.9. The molecule has 0 unspecified atom stereocenters. The minimum absolute atomic E-state index is 0.0328. The number of nitrogens with zero attached hydrogens (tertiary/aromatic N) is 3. The number of urea groups is 1. The molecular weight excluding hydrogens is 386 g/mol. The molecule has 0 atom stereocenters. The molecule has 0 saturated carbocycles. The van der Waals surface area contributed by atoms with Crippen LogP contribution in [0, 0.1) is 0 Å². The van der Waals surface area contributed by atoms with Gasteiger partial charge in [-0.15, -0.1) is 0 Å². The Labute approximate surface area is 179 Å². The van der Waals surface area contributed by atoms with Gasteiger partial charge in [-0.2, -0.15) is 0 Å². The largest absolute Gasteiger partial charge is 0.490 e. The highest BCUT2D eigenvalue weighted by atomic mass is 16.5. The molecule has 0 N–H and O–H groups in total. The van der Waals surface area contributed by atoms with Crippen molar-refractivity contribution in [2.75, 3.05) is 59.1 Å². The summed E-state index contributed by atoms with van der Waals surface area (Å²) < 4.78 is 17.2. The number of carbonyl (C=O) groups is 2. The average molecular weight is 422 g/mol. The fourth-order valence-electron chi connectivity index (χ4n) is 3.49. The smallest absolute Gasteiger partial charge is 0.320 e. The van der Waals surface area contributed by atoms with E-state index >= 15 is 0 Å². The zero-order valence-electron chi connectivity index (χ0n) is 18.9. The van der Waals surface area contributed by atoms with E-state index in [0.29, 0.717) is 81.9 Å². The second kappa shape index (κ2) is 11.5. The van der Waals surface area contributed by atoms with E-state index in [1.165, 1.54) is 0 Å². The molecule has 1 aromatic rings. The van der Waals surface area contributed by atoms with Gasteiger partial charge in [-0.25, -0.2) is 4.79 Å². The van der Waals surface area contributed by atoms with Crippen LogP contribution < -0.4 is 14.2 Å². The van der Waals surface area contributed by atoms with E-state index < -0.39 is 0 Å². The Bertz CT molecular complexity index is 686. The molecular formula is C22H35N3O5. The van der Waals surface area contributed by atoms with Gasteiger partial charge < -0.3 is 28.9 Å². The van der Waals surface area contributed by atoms with Gasteiger partial charge in [0.05, 0.1) is 19.8 Å². The Morgan fingerprint density at radius 2 is 1.27 bits per heavy atom. The SMILES string of the molecule is CCOc1cc(C(=O)N2CCN(C(=O)N(CC)CC)CC2)cc(OCC)c1OCC. The third kappa shape index (κ3) is 5.49. The molecule has 0 aliphatic carbocycles. The molecule has 1 fully saturated rings. The van der Waals surface area contributed by atoms with E-state index in [4.69, 9.17) is 14.2 Å². The molecule has 1 aliphatic heterocycles. The minimum atomic E-state index is -0.102. The van der Waals surface area contributed by atoms with Crippen LogP contribution in [-0.2, 0) is 0 Å². The molecule has 3 amide bonds. The highest BCUT2D eigenvalue weighted by Crippen LogP contribution is 2.39. The number of rotatable bonds is 9. The van der Waals surface area contributed by atoms with E-state index in [0.717, 1.165) is 0 Å². The van der Waals surface area contributed by atoms with Crippen LogP contribution in [0.1, 0.15) is 45.0 Å². The summed E-state index contributed by atoms with van der Waals surface area (Å²) in [5.41, 5.74) is 0.494. The Kier molecular flexibility index (Phi) is 9.08. The lowest BCUT2D eigenvalue weighted by molar-refractivity contribution is 0.0640. The van der Waals surface area contributed by atoms with Gasteiger partial charge in [0.15, 0.2) is 11.5 Å². The number of carbonyl (C=O) groups excluding carboxylic acids is 2. The summed E-state index contributed by atoms with van der Waals surface area (Å²) >= 11 is 0. The van der Waals surface area contributed by atoms with Gasteiger partial charge in [-0.3, -0.25) is 4.79 Å². The first-order valence-electron chi connectivity index (χ1n) is 10.9. The summed E-state index contributed by atoms with van der Waals surface area (Å²) in [5.74, 6) is 1.43. The molecule has 8 heteroatoms. The summed E-state index contributed by atoms with van der Waals surface area (Å²) in [5, 5.41) is 0. The van der Waals surface area contributed by atoms with Gasteiger partial charge in [0, 0.05) is 44.8 Å². The van der Waals surface area contributed by atoms with Crippen molar-refractivity contribution in [3.8, 4) is 17.2 Å². The molecule has 30 heavy (non-hydrogen) atoms. The minimum Gasteiger partial charge on any atom is -0.490 e. The van der Waals surface area contributed by atoms with Crippen molar-refractivity contribution in [1.82, 2.24) is 14.7 Å². The second-order valence-electron chi connectivity index (χ2n) is 6.83. The Morgan fingerprint density at radius 1 is 0.800 bits per heavy atom. The summed E-state index contributed by atoms with van der Waals surface area (Å²) in [7, 11) is 0. The monoisotopic (exact) mass is 421 g/mol. The molecule has 8 nitrogen and oxygen atoms in total. The van der Waals surface area contributed by atoms with Gasteiger partial charge in [0.2, 0.25) is 5.75 Å². The van der Waals surface area contributed by atoms with E-state index in [2.05, 4.69) is 0 Å². The second-order valence-corrected chi connectivity index (χ2v) is 6.83. The van der Waals surface area contributed by atoms with Crippen molar-refractivity contribution in [3.05, 3.63) is 17.7 Å². The highest BCUT2D eigenvalue weighted by molar-refractivity contribution is 5.96. The molecule has 0 bridgehead atoms. The number of piperazine rings is 1. The van der Waals surface area contributed by atoms with Crippen molar-refractivity contribution in [2.24, 2.45) is 0 Å². The normalized spacial score (nSPS) is 13.8. The van der Waals surface area contributed by atoms with Crippen molar-refractivity contribution in [1.29, 1.82) is 0 Å². The average Bonchev–Trinajstić information content (AvgIpc) is 2.76. The third-order valence-corrected chi connectivity index (χ3v) is 5.03. The fourth-order valence-corrected chi connectivity index (χ4v) is 3.49. The van der Waals surface area contributed by atoms with Crippen molar-refractivity contribution < 1.29 is 23.8 Å². The maximum absolute atomic E-state index is 13.2. The van der Waals surface area contributed by atoms with E-state index in [1.54, 1.807) is 21.9 Å². The zero-order chi connectivity index (χ0) is 22.1. The molecule has 1 aliphatic rings. The predicted molar refractivity (Wildman–Crippen MR) is 116 cm³/mol. The molecule has 168 valence electrons. The van der Waals surface area contributed by atoms with Crippen molar-refractivity contribution >= 4 is 11.9 Å². The lowest BCUT2D eigenvalue weighted by Crippen LogP contribution is -2.54. The third-order valence-electron chi connectivity index (χ3n) is 5.03.